The third kappa shape index (κ3) is 1.91. The lowest BCUT2D eigenvalue weighted by Crippen LogP contribution is -2.25. The summed E-state index contributed by atoms with van der Waals surface area (Å²) in [5.41, 5.74) is 5.36. The van der Waals surface area contributed by atoms with E-state index in [1.54, 1.807) is 0 Å². The Morgan fingerprint density at radius 2 is 2.45 bits per heavy atom. The Balaban J connectivity index is 2.35. The number of esters is 1. The minimum atomic E-state index is -0.381. The van der Waals surface area contributed by atoms with Crippen molar-refractivity contribution >= 4 is 5.97 Å². The topological polar surface area (TPSA) is 61.5 Å². The number of nitrogens with two attached hydrogens (primary N) is 1. The maximum Gasteiger partial charge on any atom is 0.334 e. The highest BCUT2D eigenvalue weighted by Gasteiger charge is 2.30. The Labute approximate surface area is 65.7 Å². The Kier molecular flexibility index (Phi) is 2.84. The van der Waals surface area contributed by atoms with E-state index < -0.39 is 0 Å². The number of methoxy groups -OCH3 is 1. The van der Waals surface area contributed by atoms with Gasteiger partial charge in [-0.25, -0.2) is 4.79 Å². The molecule has 1 heterocycles. The van der Waals surface area contributed by atoms with Gasteiger partial charge in [0.05, 0.1) is 13.2 Å². The van der Waals surface area contributed by atoms with Crippen LogP contribution in [0.1, 0.15) is 12.8 Å². The highest BCUT2D eigenvalue weighted by Crippen LogP contribution is 2.19. The van der Waals surface area contributed by atoms with Crippen LogP contribution >= 0.6 is 0 Å². The zero-order chi connectivity index (χ0) is 8.27. The molecule has 0 aromatic carbocycles. The molecule has 0 aliphatic carbocycles. The average molecular weight is 159 g/mol. The van der Waals surface area contributed by atoms with Gasteiger partial charge in [-0.05, 0) is 12.8 Å². The van der Waals surface area contributed by atoms with Crippen molar-refractivity contribution in [1.82, 2.24) is 0 Å². The summed E-state index contributed by atoms with van der Waals surface area (Å²) in [4.78, 5) is 10.9. The lowest BCUT2D eigenvalue weighted by molar-refractivity contribution is -0.152. The molecule has 11 heavy (non-hydrogen) atoms. The summed E-state index contributed by atoms with van der Waals surface area (Å²) < 4.78 is 9.79. The first-order valence-corrected chi connectivity index (χ1v) is 3.71. The van der Waals surface area contributed by atoms with Crippen molar-refractivity contribution in [3.8, 4) is 0 Å². The number of carbonyl (C=O) groups excluding carboxylic acids is 1. The molecule has 0 aromatic rings. The first-order valence-electron chi connectivity index (χ1n) is 3.71. The molecule has 1 fully saturated rings. The highest BCUT2D eigenvalue weighted by molar-refractivity contribution is 5.74. The normalized spacial score (nSPS) is 30.4. The van der Waals surface area contributed by atoms with Crippen LogP contribution in [0.3, 0.4) is 0 Å². The van der Waals surface area contributed by atoms with Crippen LogP contribution in [0.5, 0.6) is 0 Å². The first kappa shape index (κ1) is 8.49. The summed E-state index contributed by atoms with van der Waals surface area (Å²) in [6.45, 7) is 0.480. The van der Waals surface area contributed by atoms with Crippen molar-refractivity contribution in [2.75, 3.05) is 13.7 Å². The Bertz CT molecular complexity index is 149. The lowest BCUT2D eigenvalue weighted by Gasteiger charge is -2.09. The maximum atomic E-state index is 10.9. The second-order valence-corrected chi connectivity index (χ2v) is 2.58. The van der Waals surface area contributed by atoms with E-state index >= 15 is 0 Å². The van der Waals surface area contributed by atoms with Gasteiger partial charge in [0, 0.05) is 6.54 Å². The first-order chi connectivity index (χ1) is 5.27. The standard InChI is InChI=1S/C7H13NO3/c1-10-7(9)6-3-2-5(4-8)11-6/h5-6H,2-4,8H2,1H3/t5-,6+/m0/s1. The fourth-order valence-corrected chi connectivity index (χ4v) is 1.18. The molecule has 0 amide bonds. The van der Waals surface area contributed by atoms with Gasteiger partial charge < -0.3 is 15.2 Å². The molecule has 0 bridgehead atoms. The fourth-order valence-electron chi connectivity index (χ4n) is 1.18. The van der Waals surface area contributed by atoms with E-state index in [0.29, 0.717) is 6.54 Å². The number of rotatable bonds is 2. The predicted octanol–water partition coefficient (Wildman–Crippen LogP) is -0.334. The third-order valence-electron chi connectivity index (χ3n) is 1.83. The van der Waals surface area contributed by atoms with Crippen molar-refractivity contribution in [2.24, 2.45) is 5.73 Å². The van der Waals surface area contributed by atoms with E-state index in [4.69, 9.17) is 10.5 Å². The molecule has 0 aromatic heterocycles. The SMILES string of the molecule is COC(=O)[C@H]1CC[C@@H](CN)O1. The van der Waals surface area contributed by atoms with Crippen molar-refractivity contribution in [3.05, 3.63) is 0 Å². The summed E-state index contributed by atoms with van der Waals surface area (Å²) >= 11 is 0. The van der Waals surface area contributed by atoms with E-state index in [-0.39, 0.29) is 18.2 Å². The molecule has 2 atom stereocenters. The van der Waals surface area contributed by atoms with Crippen LogP contribution in [-0.2, 0) is 14.3 Å². The van der Waals surface area contributed by atoms with Crippen molar-refractivity contribution in [1.29, 1.82) is 0 Å². The molecule has 1 saturated heterocycles. The van der Waals surface area contributed by atoms with E-state index in [1.165, 1.54) is 7.11 Å². The fraction of sp³-hybridized carbons (Fsp3) is 0.857. The number of hydrogen-bond acceptors (Lipinski definition) is 4. The molecule has 1 aliphatic rings. The molecule has 1 rings (SSSR count). The lowest BCUT2D eigenvalue weighted by atomic mass is 10.2. The molecule has 64 valence electrons. The molecule has 0 unspecified atom stereocenters. The van der Waals surface area contributed by atoms with Crippen LogP contribution in [0.2, 0.25) is 0 Å². The van der Waals surface area contributed by atoms with Crippen LogP contribution in [0.4, 0.5) is 0 Å². The third-order valence-corrected chi connectivity index (χ3v) is 1.83. The van der Waals surface area contributed by atoms with Gasteiger partial charge in [-0.15, -0.1) is 0 Å². The molecule has 4 nitrogen and oxygen atoms in total. The van der Waals surface area contributed by atoms with Gasteiger partial charge in [0.25, 0.3) is 0 Å². The number of carbonyl (C=O) groups is 1. The monoisotopic (exact) mass is 159 g/mol. The highest BCUT2D eigenvalue weighted by atomic mass is 16.6. The van der Waals surface area contributed by atoms with E-state index in [0.717, 1.165) is 12.8 Å². The Morgan fingerprint density at radius 1 is 1.73 bits per heavy atom. The van der Waals surface area contributed by atoms with Crippen molar-refractivity contribution in [3.63, 3.8) is 0 Å². The van der Waals surface area contributed by atoms with Crippen molar-refractivity contribution < 1.29 is 14.3 Å². The summed E-state index contributed by atoms with van der Waals surface area (Å²) in [5, 5.41) is 0. The summed E-state index contributed by atoms with van der Waals surface area (Å²) in [5.74, 6) is -0.291. The molecule has 4 heteroatoms. The van der Waals surface area contributed by atoms with Gasteiger partial charge in [-0.1, -0.05) is 0 Å². The maximum absolute atomic E-state index is 10.9. The molecule has 1 aliphatic heterocycles. The molecule has 0 spiro atoms. The van der Waals surface area contributed by atoms with Gasteiger partial charge >= 0.3 is 5.97 Å². The van der Waals surface area contributed by atoms with Crippen molar-refractivity contribution in [2.45, 2.75) is 25.0 Å². The summed E-state index contributed by atoms with van der Waals surface area (Å²) in [6.07, 6.45) is 1.25. The minimum Gasteiger partial charge on any atom is -0.467 e. The number of ether oxygens (including phenoxy) is 2. The Hall–Kier alpha value is -0.610. The van der Waals surface area contributed by atoms with Gasteiger partial charge in [-0.3, -0.25) is 0 Å². The zero-order valence-electron chi connectivity index (χ0n) is 6.58. The second-order valence-electron chi connectivity index (χ2n) is 2.58. The minimum absolute atomic E-state index is 0.0408. The van der Waals surface area contributed by atoms with Crippen LogP contribution in [0.15, 0.2) is 0 Å². The largest absolute Gasteiger partial charge is 0.467 e. The Morgan fingerprint density at radius 3 is 2.91 bits per heavy atom. The molecule has 0 saturated carbocycles. The molecule has 2 N–H and O–H groups in total. The average Bonchev–Trinajstić information content (AvgIpc) is 2.50. The van der Waals surface area contributed by atoms with Crippen LogP contribution in [0.25, 0.3) is 0 Å². The van der Waals surface area contributed by atoms with Gasteiger partial charge in [-0.2, -0.15) is 0 Å². The summed E-state index contributed by atoms with van der Waals surface area (Å²) in [7, 11) is 1.36. The van der Waals surface area contributed by atoms with Gasteiger partial charge in [0.15, 0.2) is 6.10 Å². The molecule has 0 radical (unpaired) electrons. The van der Waals surface area contributed by atoms with Crippen LogP contribution in [0, 0.1) is 0 Å². The smallest absolute Gasteiger partial charge is 0.334 e. The van der Waals surface area contributed by atoms with Crippen LogP contribution < -0.4 is 5.73 Å². The number of hydrogen-bond donors (Lipinski definition) is 1. The molecular weight excluding hydrogens is 146 g/mol. The second kappa shape index (κ2) is 3.69. The van der Waals surface area contributed by atoms with Crippen LogP contribution in [-0.4, -0.2) is 31.8 Å². The predicted molar refractivity (Wildman–Crippen MR) is 39.0 cm³/mol. The van der Waals surface area contributed by atoms with E-state index in [2.05, 4.69) is 4.74 Å². The van der Waals surface area contributed by atoms with Gasteiger partial charge in [0.1, 0.15) is 0 Å². The quantitative estimate of drug-likeness (QED) is 0.560. The van der Waals surface area contributed by atoms with Gasteiger partial charge in [0.2, 0.25) is 0 Å². The van der Waals surface area contributed by atoms with E-state index in [1.807, 2.05) is 0 Å². The molecular formula is C7H13NO3. The zero-order valence-corrected chi connectivity index (χ0v) is 6.58. The van der Waals surface area contributed by atoms with E-state index in [9.17, 15) is 4.79 Å². The summed E-state index contributed by atoms with van der Waals surface area (Å²) in [6, 6.07) is 0.